The van der Waals surface area contributed by atoms with Crippen molar-refractivity contribution in [2.45, 2.75) is 25.7 Å². The fraction of sp³-hybridized carbons (Fsp3) is 0.389. The van der Waals surface area contributed by atoms with Gasteiger partial charge in [0.05, 0.1) is 0 Å². The van der Waals surface area contributed by atoms with Gasteiger partial charge in [-0.05, 0) is 49.4 Å². The maximum absolute atomic E-state index is 12.4. The largest absolute Gasteiger partial charge is 0.337 e. The number of rotatable bonds is 2. The zero-order chi connectivity index (χ0) is 15.6. The molecule has 1 fully saturated rings. The van der Waals surface area contributed by atoms with Crippen molar-refractivity contribution in [1.29, 1.82) is 0 Å². The lowest BCUT2D eigenvalue weighted by Gasteiger charge is -2.26. The average molecular weight is 308 g/mol. The number of anilines is 2. The number of carbonyl (C=O) groups is 1. The fourth-order valence-corrected chi connectivity index (χ4v) is 3.42. The Kier molecular flexibility index (Phi) is 3.69. The Hall–Kier alpha value is -2.43. The maximum Gasteiger partial charge on any atom is 0.274 e. The van der Waals surface area contributed by atoms with Gasteiger partial charge in [0, 0.05) is 25.3 Å². The molecule has 5 heteroatoms. The Balaban J connectivity index is 1.53. The van der Waals surface area contributed by atoms with E-state index in [4.69, 9.17) is 0 Å². The van der Waals surface area contributed by atoms with E-state index in [0.717, 1.165) is 44.7 Å². The predicted molar refractivity (Wildman–Crippen MR) is 88.9 cm³/mol. The van der Waals surface area contributed by atoms with Gasteiger partial charge in [0.15, 0.2) is 11.5 Å². The monoisotopic (exact) mass is 308 g/mol. The van der Waals surface area contributed by atoms with Crippen LogP contribution in [0.1, 0.15) is 35.3 Å². The van der Waals surface area contributed by atoms with E-state index in [1.807, 2.05) is 17.0 Å². The van der Waals surface area contributed by atoms with Gasteiger partial charge in [-0.2, -0.15) is 0 Å². The summed E-state index contributed by atoms with van der Waals surface area (Å²) in [6.45, 7) is 2.58. The molecule has 0 atom stereocenters. The first kappa shape index (κ1) is 14.2. The highest BCUT2D eigenvalue weighted by Crippen LogP contribution is 2.32. The molecule has 0 radical (unpaired) electrons. The van der Waals surface area contributed by atoms with E-state index >= 15 is 0 Å². The molecule has 0 spiro atoms. The van der Waals surface area contributed by atoms with Crippen LogP contribution < -0.4 is 4.90 Å². The summed E-state index contributed by atoms with van der Waals surface area (Å²) in [5.74, 6) is 0.815. The van der Waals surface area contributed by atoms with Crippen LogP contribution >= 0.6 is 0 Å². The van der Waals surface area contributed by atoms with Crippen LogP contribution in [0.5, 0.6) is 0 Å². The number of aromatic nitrogens is 2. The van der Waals surface area contributed by atoms with Gasteiger partial charge >= 0.3 is 0 Å². The van der Waals surface area contributed by atoms with Gasteiger partial charge in [-0.1, -0.05) is 18.2 Å². The van der Waals surface area contributed by atoms with Crippen LogP contribution in [-0.2, 0) is 6.42 Å². The van der Waals surface area contributed by atoms with E-state index in [1.54, 1.807) is 6.07 Å². The number of para-hydroxylation sites is 1. The van der Waals surface area contributed by atoms with E-state index < -0.39 is 0 Å². The Bertz CT molecular complexity index is 707. The molecule has 1 saturated heterocycles. The van der Waals surface area contributed by atoms with Crippen LogP contribution in [0.3, 0.4) is 0 Å². The molecule has 118 valence electrons. The quantitative estimate of drug-likeness (QED) is 0.856. The molecule has 23 heavy (non-hydrogen) atoms. The Morgan fingerprint density at radius 1 is 0.913 bits per heavy atom. The number of nitrogens with zero attached hydrogens (tertiary/aromatic N) is 4. The third-order valence-electron chi connectivity index (χ3n) is 4.68. The molecule has 0 bridgehead atoms. The molecule has 2 aliphatic heterocycles. The minimum absolute atomic E-state index is 0.00516. The van der Waals surface area contributed by atoms with Crippen molar-refractivity contribution in [2.24, 2.45) is 0 Å². The number of hydrogen-bond acceptors (Lipinski definition) is 4. The summed E-state index contributed by atoms with van der Waals surface area (Å²) in [7, 11) is 0. The molecule has 3 heterocycles. The first-order chi connectivity index (χ1) is 11.3. The zero-order valence-corrected chi connectivity index (χ0v) is 13.1. The Morgan fingerprint density at radius 3 is 2.52 bits per heavy atom. The second-order valence-corrected chi connectivity index (χ2v) is 6.16. The van der Waals surface area contributed by atoms with Crippen LogP contribution in [0.15, 0.2) is 36.4 Å². The van der Waals surface area contributed by atoms with E-state index in [1.165, 1.54) is 17.7 Å². The Labute approximate surface area is 135 Å². The van der Waals surface area contributed by atoms with Crippen molar-refractivity contribution in [2.75, 3.05) is 24.5 Å². The SMILES string of the molecule is O=C(c1ccc(N2CCc3ccccc32)nn1)N1CCCCC1. The summed E-state index contributed by atoms with van der Waals surface area (Å²) < 4.78 is 0. The topological polar surface area (TPSA) is 49.3 Å². The fourth-order valence-electron chi connectivity index (χ4n) is 3.42. The van der Waals surface area contributed by atoms with E-state index in [-0.39, 0.29) is 5.91 Å². The first-order valence-electron chi connectivity index (χ1n) is 8.31. The molecule has 0 unspecified atom stereocenters. The number of likely N-dealkylation sites (tertiary alicyclic amines) is 1. The molecule has 0 aliphatic carbocycles. The van der Waals surface area contributed by atoms with Gasteiger partial charge in [-0.15, -0.1) is 10.2 Å². The average Bonchev–Trinajstić information content (AvgIpc) is 3.06. The molecule has 0 saturated carbocycles. The lowest BCUT2D eigenvalue weighted by atomic mass is 10.1. The highest BCUT2D eigenvalue weighted by molar-refractivity contribution is 5.92. The number of piperidine rings is 1. The molecule has 0 N–H and O–H groups in total. The lowest BCUT2D eigenvalue weighted by molar-refractivity contribution is 0.0717. The van der Waals surface area contributed by atoms with Crippen LogP contribution in [0.2, 0.25) is 0 Å². The number of amides is 1. The number of fused-ring (bicyclic) bond motifs is 1. The number of benzene rings is 1. The lowest BCUT2D eigenvalue weighted by Crippen LogP contribution is -2.36. The summed E-state index contributed by atoms with van der Waals surface area (Å²) in [4.78, 5) is 16.5. The molecule has 1 aromatic carbocycles. The molecule has 2 aromatic rings. The minimum atomic E-state index is 0.00516. The summed E-state index contributed by atoms with van der Waals surface area (Å²) in [5.41, 5.74) is 2.97. The summed E-state index contributed by atoms with van der Waals surface area (Å²) in [5, 5.41) is 8.49. The third-order valence-corrected chi connectivity index (χ3v) is 4.68. The maximum atomic E-state index is 12.4. The van der Waals surface area contributed by atoms with Crippen molar-refractivity contribution < 1.29 is 4.79 Å². The van der Waals surface area contributed by atoms with Crippen molar-refractivity contribution >= 4 is 17.4 Å². The minimum Gasteiger partial charge on any atom is -0.337 e. The Morgan fingerprint density at radius 2 is 1.74 bits per heavy atom. The van der Waals surface area contributed by atoms with Gasteiger partial charge in [0.1, 0.15) is 0 Å². The van der Waals surface area contributed by atoms with Crippen molar-refractivity contribution in [3.05, 3.63) is 47.7 Å². The van der Waals surface area contributed by atoms with Crippen molar-refractivity contribution in [3.8, 4) is 0 Å². The summed E-state index contributed by atoms with van der Waals surface area (Å²) in [6, 6.07) is 12.1. The standard InChI is InChI=1S/C18H20N4O/c23-18(21-11-4-1-5-12-21)15-8-9-17(20-19-15)22-13-10-14-6-2-3-7-16(14)22/h2-3,6-9H,1,4-5,10-13H2. The van der Waals surface area contributed by atoms with Crippen molar-refractivity contribution in [3.63, 3.8) is 0 Å². The number of hydrogen-bond donors (Lipinski definition) is 0. The highest BCUT2D eigenvalue weighted by Gasteiger charge is 2.23. The van der Waals surface area contributed by atoms with Gasteiger partial charge in [-0.25, -0.2) is 0 Å². The molecule has 4 rings (SSSR count). The second-order valence-electron chi connectivity index (χ2n) is 6.16. The summed E-state index contributed by atoms with van der Waals surface area (Å²) in [6.07, 6.45) is 4.40. The summed E-state index contributed by atoms with van der Waals surface area (Å²) >= 11 is 0. The van der Waals surface area contributed by atoms with Crippen LogP contribution in [-0.4, -0.2) is 40.6 Å². The predicted octanol–water partition coefficient (Wildman–Crippen LogP) is 2.80. The van der Waals surface area contributed by atoms with Crippen LogP contribution in [0.4, 0.5) is 11.5 Å². The molecule has 1 amide bonds. The smallest absolute Gasteiger partial charge is 0.274 e. The second kappa shape index (κ2) is 5.99. The molecular formula is C18H20N4O. The van der Waals surface area contributed by atoms with Gasteiger partial charge in [0.25, 0.3) is 5.91 Å². The van der Waals surface area contributed by atoms with Crippen molar-refractivity contribution in [1.82, 2.24) is 15.1 Å². The third kappa shape index (κ3) is 2.67. The number of carbonyl (C=O) groups excluding carboxylic acids is 1. The van der Waals surface area contributed by atoms with E-state index in [2.05, 4.69) is 33.3 Å². The van der Waals surface area contributed by atoms with E-state index in [9.17, 15) is 4.79 Å². The van der Waals surface area contributed by atoms with Crippen LogP contribution in [0.25, 0.3) is 0 Å². The highest BCUT2D eigenvalue weighted by atomic mass is 16.2. The first-order valence-corrected chi connectivity index (χ1v) is 8.31. The molecular weight excluding hydrogens is 288 g/mol. The van der Waals surface area contributed by atoms with Crippen LogP contribution in [0, 0.1) is 0 Å². The normalized spacial score (nSPS) is 17.2. The molecule has 5 nitrogen and oxygen atoms in total. The van der Waals surface area contributed by atoms with Gasteiger partial charge in [-0.3, -0.25) is 4.79 Å². The molecule has 2 aliphatic rings. The zero-order valence-electron chi connectivity index (χ0n) is 13.1. The van der Waals surface area contributed by atoms with Gasteiger partial charge in [0.2, 0.25) is 0 Å². The van der Waals surface area contributed by atoms with E-state index in [0.29, 0.717) is 5.69 Å². The molecule has 1 aromatic heterocycles. The van der Waals surface area contributed by atoms with Gasteiger partial charge < -0.3 is 9.80 Å².